The molecule has 3 aromatic heterocycles. The molecule has 0 aliphatic rings. The number of aromatic nitrogens is 6. The summed E-state index contributed by atoms with van der Waals surface area (Å²) in [5.41, 5.74) is 5.00. The van der Waals surface area contributed by atoms with Gasteiger partial charge in [-0.15, -0.1) is 0 Å². The molecular formula is C81H112N12O28S6. The average Bonchev–Trinajstić information content (AvgIpc) is 0.827. The summed E-state index contributed by atoms with van der Waals surface area (Å²) >= 11 is 4.06. The Morgan fingerprint density at radius 1 is 0.346 bits per heavy atom. The average molecular weight is 1890 g/mol. The number of esters is 8. The molecule has 0 saturated carbocycles. The molecule has 127 heavy (non-hydrogen) atoms. The molecule has 6 N–H and O–H groups in total. The van der Waals surface area contributed by atoms with Gasteiger partial charge in [-0.2, -0.15) is 35.3 Å². The highest BCUT2D eigenvalue weighted by Gasteiger charge is 2.27. The number of hydrogen-bond acceptors (Lipinski definition) is 37. The minimum absolute atomic E-state index is 0. The van der Waals surface area contributed by atoms with Crippen LogP contribution < -0.4 is 30.1 Å². The van der Waals surface area contributed by atoms with Crippen molar-refractivity contribution >= 4 is 172 Å². The van der Waals surface area contributed by atoms with Crippen LogP contribution in [0.2, 0.25) is 0 Å². The van der Waals surface area contributed by atoms with E-state index in [1.807, 2.05) is 0 Å². The molecule has 0 aliphatic heterocycles. The van der Waals surface area contributed by atoms with Gasteiger partial charge in [-0.25, -0.2) is 93.3 Å². The van der Waals surface area contributed by atoms with Crippen molar-refractivity contribution in [3.8, 4) is 0 Å². The number of nitrogens with zero attached hydrogens (tertiary/aromatic N) is 6. The molecule has 6 unspecified atom stereocenters. The van der Waals surface area contributed by atoms with Crippen molar-refractivity contribution in [1.29, 1.82) is 0 Å². The van der Waals surface area contributed by atoms with E-state index >= 15 is 0 Å². The summed E-state index contributed by atoms with van der Waals surface area (Å²) < 4.78 is 131. The molecule has 46 heteroatoms. The first kappa shape index (κ1) is 112. The minimum Gasteiger partial charge on any atom is -0.461 e. The molecule has 0 fully saturated rings. The van der Waals surface area contributed by atoms with Crippen molar-refractivity contribution in [3.05, 3.63) is 125 Å². The number of hydrogen-bond donors (Lipinski definition) is 6. The van der Waals surface area contributed by atoms with Gasteiger partial charge < -0.3 is 63.3 Å². The second kappa shape index (κ2) is 56.9. The number of sulfonamides is 3. The SMILES string of the molecule is C.C.CC(=O)COC(=O)C(C)OC(=O)CCSCC(C)C(=O)Nc1ccc(S(=O)(=O)Nc2nc(C)cc(C)n2)cc1.COCCOC(=O)COC(=O)C(C)OC(=O)CCSCC(C)C(=O)Nc1ccc(S(=O)(=O)Nc2nc(C)cc(C)n2)cc1.COCCOC(=O)COC(=O)C(C)OC(=O)CCSCC(C)C(=O)Nc1ccc(S(=O)(=O)Nc2nc(C)cc(C)n2)cc1. The third-order valence-corrected chi connectivity index (χ3v) is 23.5. The molecule has 0 saturated heterocycles. The summed E-state index contributed by atoms with van der Waals surface area (Å²) in [6.45, 7) is 19.7. The molecule has 6 atom stereocenters. The lowest BCUT2D eigenvalue weighted by atomic mass is 10.2. The number of thioether (sulfide) groups is 3. The number of methoxy groups -OCH3 is 2. The van der Waals surface area contributed by atoms with Crippen LogP contribution in [0.5, 0.6) is 0 Å². The number of benzene rings is 3. The van der Waals surface area contributed by atoms with Crippen molar-refractivity contribution in [2.45, 2.75) is 157 Å². The van der Waals surface area contributed by atoms with Gasteiger partial charge in [0.15, 0.2) is 37.3 Å². The molecule has 0 bridgehead atoms. The van der Waals surface area contributed by atoms with Crippen LogP contribution in [-0.2, 0) is 135 Å². The molecule has 3 amide bonds. The van der Waals surface area contributed by atoms with E-state index in [-0.39, 0.29) is 123 Å². The Morgan fingerprint density at radius 3 is 0.811 bits per heavy atom. The number of ketones is 1. The normalized spacial score (nSPS) is 12.3. The fraction of sp³-hybridized carbons (Fsp3) is 0.481. The highest BCUT2D eigenvalue weighted by atomic mass is 32.2. The zero-order chi connectivity index (χ0) is 93.2. The second-order valence-corrected chi connectivity index (χ2v) is 35.8. The topological polar surface area (TPSA) is 549 Å². The van der Waals surface area contributed by atoms with E-state index in [4.69, 9.17) is 47.4 Å². The van der Waals surface area contributed by atoms with Gasteiger partial charge in [0.1, 0.15) is 19.8 Å². The number of anilines is 6. The fourth-order valence-electron chi connectivity index (χ4n) is 9.53. The predicted molar refractivity (Wildman–Crippen MR) is 475 cm³/mol. The Hall–Kier alpha value is -11.0. The number of ether oxygens (including phenoxy) is 10. The molecule has 0 spiro atoms. The van der Waals surface area contributed by atoms with E-state index in [9.17, 15) is 82.8 Å². The number of carbonyl (C=O) groups excluding carboxylic acids is 12. The van der Waals surface area contributed by atoms with Gasteiger partial charge in [-0.1, -0.05) is 35.6 Å². The van der Waals surface area contributed by atoms with Crippen LogP contribution >= 0.6 is 35.3 Å². The molecule has 6 rings (SSSR count). The van der Waals surface area contributed by atoms with Crippen LogP contribution in [0.1, 0.15) is 117 Å². The highest BCUT2D eigenvalue weighted by molar-refractivity contribution is 7.99. The molecule has 0 aliphatic carbocycles. The van der Waals surface area contributed by atoms with Crippen LogP contribution in [0.3, 0.4) is 0 Å². The van der Waals surface area contributed by atoms with Crippen molar-refractivity contribution in [1.82, 2.24) is 29.9 Å². The summed E-state index contributed by atoms with van der Waals surface area (Å²) in [7, 11) is -8.88. The van der Waals surface area contributed by atoms with Gasteiger partial charge in [0, 0.05) is 118 Å². The molecule has 3 heterocycles. The summed E-state index contributed by atoms with van der Waals surface area (Å²) in [6.07, 6.45) is -3.51. The third-order valence-electron chi connectivity index (χ3n) is 15.8. The first-order valence-corrected chi connectivity index (χ1v) is 46.2. The number of carbonyl (C=O) groups is 12. The number of rotatable bonds is 48. The first-order valence-electron chi connectivity index (χ1n) is 38.3. The van der Waals surface area contributed by atoms with E-state index in [2.05, 4.69) is 60.0 Å². The molecule has 6 aromatic rings. The van der Waals surface area contributed by atoms with Gasteiger partial charge in [-0.05, 0) is 160 Å². The summed E-state index contributed by atoms with van der Waals surface area (Å²) in [5.74, 6) is -6.16. The molecule has 40 nitrogen and oxygen atoms in total. The number of nitrogens with one attached hydrogen (secondary N) is 6. The van der Waals surface area contributed by atoms with Crippen LogP contribution in [-0.4, -0.2) is 240 Å². The third kappa shape index (κ3) is 44.3. The Labute approximate surface area is 752 Å². The van der Waals surface area contributed by atoms with Gasteiger partial charge in [-0.3, -0.25) is 33.6 Å². The van der Waals surface area contributed by atoms with E-state index < -0.39 is 127 Å². The maximum atomic E-state index is 12.7. The Bertz CT molecular complexity index is 4750. The van der Waals surface area contributed by atoms with Gasteiger partial charge >= 0.3 is 47.8 Å². The quantitative estimate of drug-likeness (QED) is 0.0118. The van der Waals surface area contributed by atoms with Crippen molar-refractivity contribution in [2.24, 2.45) is 17.8 Å². The largest absolute Gasteiger partial charge is 0.461 e. The zero-order valence-corrected chi connectivity index (χ0v) is 76.4. The summed E-state index contributed by atoms with van der Waals surface area (Å²) in [5, 5.41) is 8.20. The zero-order valence-electron chi connectivity index (χ0n) is 71.5. The first-order chi connectivity index (χ1) is 58.9. The number of Topliss-reactive ketones (excluding diaryl/α,β-unsaturated/α-hetero) is 1. The van der Waals surface area contributed by atoms with Gasteiger partial charge in [0.2, 0.25) is 35.6 Å². The molecular weight excluding hydrogens is 1780 g/mol. The Morgan fingerprint density at radius 2 is 0.583 bits per heavy atom. The molecule has 0 radical (unpaired) electrons. The maximum absolute atomic E-state index is 12.7. The highest BCUT2D eigenvalue weighted by Crippen LogP contribution is 2.24. The maximum Gasteiger partial charge on any atom is 0.347 e. The lowest BCUT2D eigenvalue weighted by molar-refractivity contribution is -0.171. The summed E-state index contributed by atoms with van der Waals surface area (Å²) in [4.78, 5) is 167. The van der Waals surface area contributed by atoms with E-state index in [1.54, 1.807) is 80.5 Å². The van der Waals surface area contributed by atoms with Crippen molar-refractivity contribution in [3.63, 3.8) is 0 Å². The monoisotopic (exact) mass is 1890 g/mol. The second-order valence-electron chi connectivity index (χ2n) is 27.3. The fourth-order valence-corrected chi connectivity index (χ4v) is 15.3. The molecule has 700 valence electrons. The van der Waals surface area contributed by atoms with Gasteiger partial charge in [0.25, 0.3) is 30.1 Å². The van der Waals surface area contributed by atoms with E-state index in [0.717, 1.165) is 0 Å². The minimum atomic E-state index is -3.93. The molecule has 3 aromatic carbocycles. The lowest BCUT2D eigenvalue weighted by Gasteiger charge is -2.14. The Balaban J connectivity index is 0.000000641. The van der Waals surface area contributed by atoms with Crippen LogP contribution in [0.4, 0.5) is 34.9 Å². The lowest BCUT2D eigenvalue weighted by Crippen LogP contribution is -2.29. The number of amides is 3. The standard InChI is InChI=1S/2C27H36N4O10S2.C25H32N4O8S2.2CH4/c2*1-17(16-42-13-10-23(32)41-20(4)26(35)40-15-24(33)39-12-11-38-5)25(34)30-21-6-8-22(9-7-21)43(36,37)31-27-28-18(2)14-19(3)29-27;1-15(14-38-11-10-22(31)37-19(5)24(33)36-13-18(4)30)23(32)28-20-6-8-21(9-7-20)39(34,35)29-25-26-16(2)12-17(3)27-25;;/h2*6-9,14,17,20H,10-13,15-16H2,1-5H3,(H,30,34)(H,28,29,31);6-9,12,15,19H,10-11,13-14H2,1-5H3,(H,28,32)(H,26,27,29);2*1H4. The van der Waals surface area contributed by atoms with E-state index in [0.29, 0.717) is 85.7 Å². The van der Waals surface area contributed by atoms with Crippen LogP contribution in [0, 0.1) is 59.3 Å². The number of aryl methyl sites for hydroxylation is 6. The van der Waals surface area contributed by atoms with Gasteiger partial charge in [0.05, 0.1) is 47.2 Å². The van der Waals surface area contributed by atoms with E-state index in [1.165, 1.54) is 150 Å². The van der Waals surface area contributed by atoms with Crippen molar-refractivity contribution < 1.29 is 130 Å². The summed E-state index contributed by atoms with van der Waals surface area (Å²) in [6, 6.07) is 22.2. The Kier molecular flexibility index (Phi) is 50.2. The van der Waals surface area contributed by atoms with Crippen LogP contribution in [0.15, 0.2) is 106 Å². The smallest absolute Gasteiger partial charge is 0.347 e. The van der Waals surface area contributed by atoms with Crippen LogP contribution in [0.25, 0.3) is 0 Å². The predicted octanol–water partition coefficient (Wildman–Crippen LogP) is 8.44. The van der Waals surface area contributed by atoms with Crippen molar-refractivity contribution in [2.75, 3.05) is 125 Å².